The molecule has 3 rings (SSSR count). The summed E-state index contributed by atoms with van der Waals surface area (Å²) in [6.07, 6.45) is 1.74. The van der Waals surface area contributed by atoms with Crippen LogP contribution in [0.2, 0.25) is 0 Å². The Morgan fingerprint density at radius 3 is 2.70 bits per heavy atom. The minimum atomic E-state index is -0.290. The zero-order valence-electron chi connectivity index (χ0n) is 10.4. The number of nitrogens with zero attached hydrogens (tertiary/aromatic N) is 1. The SMILES string of the molecule is O=C(Nc1cccc(Br)c1)Nc1ccc2cn[nH]c2c1. The standard InChI is InChI=1S/C14H11BrN4O/c15-10-2-1-3-11(6-10)17-14(20)18-12-5-4-9-8-16-19-13(9)7-12/h1-8H,(H,16,19)(H2,17,18,20). The van der Waals surface area contributed by atoms with E-state index in [9.17, 15) is 4.79 Å². The van der Waals surface area contributed by atoms with Crippen molar-refractivity contribution in [1.82, 2.24) is 10.2 Å². The Labute approximate surface area is 123 Å². The lowest BCUT2D eigenvalue weighted by Gasteiger charge is -2.08. The zero-order chi connectivity index (χ0) is 13.9. The fourth-order valence-corrected chi connectivity index (χ4v) is 2.27. The Kier molecular flexibility index (Phi) is 3.39. The average Bonchev–Trinajstić information content (AvgIpc) is 2.86. The van der Waals surface area contributed by atoms with Crippen molar-refractivity contribution in [2.75, 3.05) is 10.6 Å². The summed E-state index contributed by atoms with van der Waals surface area (Å²) in [4.78, 5) is 11.9. The number of halogens is 1. The molecule has 0 saturated carbocycles. The molecule has 0 aliphatic rings. The highest BCUT2D eigenvalue weighted by Crippen LogP contribution is 2.18. The number of carbonyl (C=O) groups excluding carboxylic acids is 1. The van der Waals surface area contributed by atoms with Gasteiger partial charge < -0.3 is 10.6 Å². The fraction of sp³-hybridized carbons (Fsp3) is 0. The van der Waals surface area contributed by atoms with E-state index in [1.54, 1.807) is 6.20 Å². The first-order chi connectivity index (χ1) is 9.70. The van der Waals surface area contributed by atoms with Crippen LogP contribution in [-0.4, -0.2) is 16.2 Å². The Hall–Kier alpha value is -2.34. The molecule has 6 heteroatoms. The first-order valence-electron chi connectivity index (χ1n) is 5.97. The van der Waals surface area contributed by atoms with Crippen molar-refractivity contribution in [1.29, 1.82) is 0 Å². The van der Waals surface area contributed by atoms with Crippen LogP contribution in [0, 0.1) is 0 Å². The summed E-state index contributed by atoms with van der Waals surface area (Å²) in [5.41, 5.74) is 2.30. The van der Waals surface area contributed by atoms with E-state index in [2.05, 4.69) is 36.8 Å². The molecule has 2 amide bonds. The summed E-state index contributed by atoms with van der Waals surface area (Å²) in [6.45, 7) is 0. The summed E-state index contributed by atoms with van der Waals surface area (Å²) in [5, 5.41) is 13.4. The van der Waals surface area contributed by atoms with Gasteiger partial charge in [0.1, 0.15) is 0 Å². The second-order valence-electron chi connectivity index (χ2n) is 4.26. The van der Waals surface area contributed by atoms with Gasteiger partial charge in [-0.3, -0.25) is 5.10 Å². The van der Waals surface area contributed by atoms with E-state index in [-0.39, 0.29) is 6.03 Å². The minimum Gasteiger partial charge on any atom is -0.308 e. The van der Waals surface area contributed by atoms with Crippen LogP contribution in [0.15, 0.2) is 53.1 Å². The van der Waals surface area contributed by atoms with Crippen molar-refractivity contribution in [3.8, 4) is 0 Å². The van der Waals surface area contributed by atoms with Gasteiger partial charge in [0.25, 0.3) is 0 Å². The number of hydrogen-bond donors (Lipinski definition) is 3. The van der Waals surface area contributed by atoms with Gasteiger partial charge in [0.05, 0.1) is 11.7 Å². The number of rotatable bonds is 2. The number of aromatic amines is 1. The van der Waals surface area contributed by atoms with E-state index >= 15 is 0 Å². The number of amides is 2. The lowest BCUT2D eigenvalue weighted by Crippen LogP contribution is -2.19. The quantitative estimate of drug-likeness (QED) is 0.665. The first-order valence-corrected chi connectivity index (χ1v) is 6.77. The monoisotopic (exact) mass is 330 g/mol. The largest absolute Gasteiger partial charge is 0.323 e. The van der Waals surface area contributed by atoms with Gasteiger partial charge in [-0.2, -0.15) is 5.10 Å². The summed E-state index contributed by atoms with van der Waals surface area (Å²) in [5.74, 6) is 0. The van der Waals surface area contributed by atoms with Gasteiger partial charge in [0, 0.05) is 21.2 Å². The highest BCUT2D eigenvalue weighted by Gasteiger charge is 2.04. The molecular formula is C14H11BrN4O. The molecule has 0 spiro atoms. The molecule has 1 heterocycles. The summed E-state index contributed by atoms with van der Waals surface area (Å²) >= 11 is 3.36. The predicted molar refractivity (Wildman–Crippen MR) is 82.9 cm³/mol. The third-order valence-corrected chi connectivity index (χ3v) is 3.28. The lowest BCUT2D eigenvalue weighted by molar-refractivity contribution is 0.262. The fourth-order valence-electron chi connectivity index (χ4n) is 1.87. The van der Waals surface area contributed by atoms with Gasteiger partial charge in [-0.1, -0.05) is 22.0 Å². The van der Waals surface area contributed by atoms with Crippen LogP contribution in [0.5, 0.6) is 0 Å². The maximum atomic E-state index is 11.9. The Morgan fingerprint density at radius 1 is 1.10 bits per heavy atom. The first kappa shape index (κ1) is 12.7. The van der Waals surface area contributed by atoms with Crippen molar-refractivity contribution >= 4 is 44.2 Å². The number of fused-ring (bicyclic) bond motifs is 1. The molecule has 1 aromatic heterocycles. The number of nitrogens with one attached hydrogen (secondary N) is 3. The molecule has 0 aliphatic heterocycles. The Morgan fingerprint density at radius 2 is 1.90 bits per heavy atom. The number of aromatic nitrogens is 2. The molecule has 0 bridgehead atoms. The molecule has 3 aromatic rings. The highest BCUT2D eigenvalue weighted by atomic mass is 79.9. The predicted octanol–water partition coefficient (Wildman–Crippen LogP) is 3.97. The molecule has 0 aliphatic carbocycles. The maximum absolute atomic E-state index is 11.9. The summed E-state index contributed by atoms with van der Waals surface area (Å²) < 4.78 is 0.911. The maximum Gasteiger partial charge on any atom is 0.323 e. The van der Waals surface area contributed by atoms with Crippen LogP contribution >= 0.6 is 15.9 Å². The van der Waals surface area contributed by atoms with Crippen molar-refractivity contribution < 1.29 is 4.79 Å². The van der Waals surface area contributed by atoms with Crippen LogP contribution in [-0.2, 0) is 0 Å². The molecular weight excluding hydrogens is 320 g/mol. The molecule has 20 heavy (non-hydrogen) atoms. The van der Waals surface area contributed by atoms with Crippen LogP contribution < -0.4 is 10.6 Å². The van der Waals surface area contributed by atoms with Gasteiger partial charge in [0.15, 0.2) is 0 Å². The van der Waals surface area contributed by atoms with Crippen molar-refractivity contribution in [3.05, 3.63) is 53.1 Å². The van der Waals surface area contributed by atoms with Gasteiger partial charge in [-0.05, 0) is 36.4 Å². The lowest BCUT2D eigenvalue weighted by atomic mass is 10.2. The molecule has 0 radical (unpaired) electrons. The second kappa shape index (κ2) is 5.34. The van der Waals surface area contributed by atoms with Gasteiger partial charge in [-0.15, -0.1) is 0 Å². The van der Waals surface area contributed by atoms with Crippen LogP contribution in [0.1, 0.15) is 0 Å². The molecule has 0 saturated heterocycles. The average molecular weight is 331 g/mol. The van der Waals surface area contributed by atoms with E-state index in [1.807, 2.05) is 42.5 Å². The van der Waals surface area contributed by atoms with Gasteiger partial charge in [0.2, 0.25) is 0 Å². The highest BCUT2D eigenvalue weighted by molar-refractivity contribution is 9.10. The summed E-state index contributed by atoms with van der Waals surface area (Å²) in [6, 6.07) is 12.7. The van der Waals surface area contributed by atoms with Crippen LogP contribution in [0.4, 0.5) is 16.2 Å². The van der Waals surface area contributed by atoms with Gasteiger partial charge in [-0.25, -0.2) is 4.79 Å². The van der Waals surface area contributed by atoms with Crippen molar-refractivity contribution in [2.24, 2.45) is 0 Å². The number of benzene rings is 2. The number of hydrogen-bond acceptors (Lipinski definition) is 2. The van der Waals surface area contributed by atoms with Crippen molar-refractivity contribution in [3.63, 3.8) is 0 Å². The zero-order valence-corrected chi connectivity index (χ0v) is 11.9. The minimum absolute atomic E-state index is 0.290. The molecule has 3 N–H and O–H groups in total. The van der Waals surface area contributed by atoms with Crippen molar-refractivity contribution in [2.45, 2.75) is 0 Å². The molecule has 0 atom stereocenters. The van der Waals surface area contributed by atoms with E-state index in [0.29, 0.717) is 5.69 Å². The van der Waals surface area contributed by atoms with Crippen LogP contribution in [0.3, 0.4) is 0 Å². The molecule has 100 valence electrons. The number of urea groups is 1. The second-order valence-corrected chi connectivity index (χ2v) is 5.18. The Balaban J connectivity index is 1.72. The normalized spacial score (nSPS) is 10.4. The third kappa shape index (κ3) is 2.80. The number of H-pyrrole nitrogens is 1. The molecule has 2 aromatic carbocycles. The van der Waals surface area contributed by atoms with E-state index in [0.717, 1.165) is 21.1 Å². The number of carbonyl (C=O) groups is 1. The molecule has 0 unspecified atom stereocenters. The van der Waals surface area contributed by atoms with Gasteiger partial charge >= 0.3 is 6.03 Å². The smallest absolute Gasteiger partial charge is 0.308 e. The molecule has 0 fully saturated rings. The Bertz CT molecular complexity index is 768. The van der Waals surface area contributed by atoms with E-state index in [4.69, 9.17) is 0 Å². The van der Waals surface area contributed by atoms with E-state index in [1.165, 1.54) is 0 Å². The van der Waals surface area contributed by atoms with E-state index < -0.39 is 0 Å². The van der Waals surface area contributed by atoms with Crippen LogP contribution in [0.25, 0.3) is 10.9 Å². The summed E-state index contributed by atoms with van der Waals surface area (Å²) in [7, 11) is 0. The number of anilines is 2. The third-order valence-electron chi connectivity index (χ3n) is 2.78. The topological polar surface area (TPSA) is 69.8 Å². The molecule has 5 nitrogen and oxygen atoms in total.